The summed E-state index contributed by atoms with van der Waals surface area (Å²) >= 11 is 0. The summed E-state index contributed by atoms with van der Waals surface area (Å²) in [6.07, 6.45) is 0. The van der Waals surface area contributed by atoms with Crippen LogP contribution < -0.4 is 10.5 Å². The molecular formula is C13H10F3NO. The fourth-order valence-electron chi connectivity index (χ4n) is 1.53. The van der Waals surface area contributed by atoms with Gasteiger partial charge in [-0.2, -0.15) is 0 Å². The van der Waals surface area contributed by atoms with Crippen LogP contribution in [0.25, 0.3) is 0 Å². The largest absolute Gasteiger partial charge is 0.483 e. The molecule has 0 heterocycles. The van der Waals surface area contributed by atoms with Gasteiger partial charge in [0, 0.05) is 5.69 Å². The molecule has 2 N–H and O–H groups in total. The van der Waals surface area contributed by atoms with E-state index in [9.17, 15) is 13.2 Å². The number of benzene rings is 2. The molecule has 2 nitrogen and oxygen atoms in total. The summed E-state index contributed by atoms with van der Waals surface area (Å²) in [6, 6.07) is 7.21. The Balaban J connectivity index is 2.16. The van der Waals surface area contributed by atoms with E-state index in [0.717, 1.165) is 18.2 Å². The molecule has 0 bridgehead atoms. The van der Waals surface area contributed by atoms with Crippen LogP contribution in [0.1, 0.15) is 5.56 Å². The van der Waals surface area contributed by atoms with Crippen molar-refractivity contribution in [3.05, 3.63) is 59.4 Å². The molecule has 2 aromatic rings. The van der Waals surface area contributed by atoms with Gasteiger partial charge in [0.15, 0.2) is 17.4 Å². The second-order valence-corrected chi connectivity index (χ2v) is 3.73. The number of halogens is 3. The lowest BCUT2D eigenvalue weighted by atomic mass is 10.2. The molecule has 0 aromatic heterocycles. The van der Waals surface area contributed by atoms with Gasteiger partial charge in [0.2, 0.25) is 0 Å². The number of hydrogen-bond acceptors (Lipinski definition) is 2. The van der Waals surface area contributed by atoms with E-state index < -0.39 is 23.2 Å². The van der Waals surface area contributed by atoms with Crippen LogP contribution in [0.3, 0.4) is 0 Å². The monoisotopic (exact) mass is 253 g/mol. The van der Waals surface area contributed by atoms with Crippen LogP contribution in [-0.4, -0.2) is 0 Å². The zero-order valence-electron chi connectivity index (χ0n) is 9.29. The molecule has 0 atom stereocenters. The minimum atomic E-state index is -0.806. The second kappa shape index (κ2) is 5.00. The minimum Gasteiger partial charge on any atom is -0.483 e. The van der Waals surface area contributed by atoms with Gasteiger partial charge >= 0.3 is 0 Å². The van der Waals surface area contributed by atoms with Crippen molar-refractivity contribution in [3.8, 4) is 5.75 Å². The normalized spacial score (nSPS) is 10.4. The standard InChI is InChI=1S/C13H10F3NO/c14-9-4-8(5-10(17)6-9)7-18-13-11(15)2-1-3-12(13)16/h1-6H,7,17H2. The van der Waals surface area contributed by atoms with Crippen LogP contribution >= 0.6 is 0 Å². The molecule has 5 heteroatoms. The first-order chi connectivity index (χ1) is 8.56. The van der Waals surface area contributed by atoms with Gasteiger partial charge in [-0.15, -0.1) is 0 Å². The quantitative estimate of drug-likeness (QED) is 0.852. The van der Waals surface area contributed by atoms with Crippen LogP contribution in [0.4, 0.5) is 18.9 Å². The topological polar surface area (TPSA) is 35.2 Å². The van der Waals surface area contributed by atoms with E-state index in [4.69, 9.17) is 10.5 Å². The summed E-state index contributed by atoms with van der Waals surface area (Å²) in [7, 11) is 0. The average molecular weight is 253 g/mol. The first-order valence-corrected chi connectivity index (χ1v) is 5.18. The third-order valence-electron chi connectivity index (χ3n) is 2.28. The number of nitrogens with two attached hydrogens (primary N) is 1. The van der Waals surface area contributed by atoms with Crippen molar-refractivity contribution in [1.29, 1.82) is 0 Å². The SMILES string of the molecule is Nc1cc(F)cc(COc2c(F)cccc2F)c1. The van der Waals surface area contributed by atoms with Crippen LogP contribution in [0.2, 0.25) is 0 Å². The van der Waals surface area contributed by atoms with E-state index in [0.29, 0.717) is 5.56 Å². The number of rotatable bonds is 3. The van der Waals surface area contributed by atoms with Gasteiger partial charge in [-0.05, 0) is 35.9 Å². The highest BCUT2D eigenvalue weighted by atomic mass is 19.1. The van der Waals surface area contributed by atoms with E-state index >= 15 is 0 Å². The maximum atomic E-state index is 13.2. The molecular weight excluding hydrogens is 243 g/mol. The lowest BCUT2D eigenvalue weighted by molar-refractivity contribution is 0.273. The van der Waals surface area contributed by atoms with E-state index in [1.807, 2.05) is 0 Å². The van der Waals surface area contributed by atoms with Crippen molar-refractivity contribution in [3.63, 3.8) is 0 Å². The molecule has 0 radical (unpaired) electrons. The summed E-state index contributed by atoms with van der Waals surface area (Å²) < 4.78 is 44.5. The Bertz CT molecular complexity index is 532. The minimum absolute atomic E-state index is 0.167. The van der Waals surface area contributed by atoms with Gasteiger partial charge in [0.25, 0.3) is 0 Å². The third-order valence-corrected chi connectivity index (χ3v) is 2.28. The summed E-state index contributed by atoms with van der Waals surface area (Å²) in [5.74, 6) is -2.62. The molecule has 0 fully saturated rings. The second-order valence-electron chi connectivity index (χ2n) is 3.73. The Hall–Kier alpha value is -2.17. The van der Waals surface area contributed by atoms with Crippen LogP contribution in [0.5, 0.6) is 5.75 Å². The molecule has 0 unspecified atom stereocenters. The third kappa shape index (κ3) is 2.74. The molecule has 0 spiro atoms. The summed E-state index contributed by atoms with van der Waals surface area (Å²) in [5.41, 5.74) is 6.07. The lowest BCUT2D eigenvalue weighted by Crippen LogP contribution is -2.01. The zero-order chi connectivity index (χ0) is 13.1. The molecule has 0 aliphatic heterocycles. The number of nitrogen functional groups attached to an aromatic ring is 1. The van der Waals surface area contributed by atoms with Crippen LogP contribution in [0.15, 0.2) is 36.4 Å². The maximum Gasteiger partial charge on any atom is 0.191 e. The number of ether oxygens (including phenoxy) is 1. The average Bonchev–Trinajstić information content (AvgIpc) is 2.27. The van der Waals surface area contributed by atoms with Crippen molar-refractivity contribution in [2.45, 2.75) is 6.61 Å². The first kappa shape index (κ1) is 12.3. The highest BCUT2D eigenvalue weighted by Gasteiger charge is 2.10. The predicted molar refractivity (Wildman–Crippen MR) is 61.5 cm³/mol. The summed E-state index contributed by atoms with van der Waals surface area (Å²) in [6.45, 7) is -0.167. The Labute approximate surface area is 102 Å². The van der Waals surface area contributed by atoms with Gasteiger partial charge in [-0.1, -0.05) is 6.07 Å². The smallest absolute Gasteiger partial charge is 0.191 e. The van der Waals surface area contributed by atoms with Crippen molar-refractivity contribution in [1.82, 2.24) is 0 Å². The van der Waals surface area contributed by atoms with Gasteiger partial charge in [0.1, 0.15) is 12.4 Å². The lowest BCUT2D eigenvalue weighted by Gasteiger charge is -2.08. The Morgan fingerprint density at radius 3 is 2.28 bits per heavy atom. The molecule has 18 heavy (non-hydrogen) atoms. The summed E-state index contributed by atoms with van der Waals surface area (Å²) in [4.78, 5) is 0. The van der Waals surface area contributed by atoms with Crippen LogP contribution in [-0.2, 0) is 6.61 Å². The summed E-state index contributed by atoms with van der Waals surface area (Å²) in [5, 5.41) is 0. The van der Waals surface area contributed by atoms with Crippen molar-refractivity contribution >= 4 is 5.69 Å². The van der Waals surface area contributed by atoms with E-state index in [1.54, 1.807) is 0 Å². The number of hydrogen-bond donors (Lipinski definition) is 1. The predicted octanol–water partition coefficient (Wildman–Crippen LogP) is 3.27. The molecule has 0 saturated heterocycles. The van der Waals surface area contributed by atoms with E-state index in [1.165, 1.54) is 18.2 Å². The van der Waals surface area contributed by atoms with Crippen LogP contribution in [0, 0.1) is 17.5 Å². The Kier molecular flexibility index (Phi) is 3.41. The highest BCUT2D eigenvalue weighted by Crippen LogP contribution is 2.22. The number of para-hydroxylation sites is 1. The molecule has 94 valence electrons. The molecule has 2 aromatic carbocycles. The van der Waals surface area contributed by atoms with Gasteiger partial charge in [-0.3, -0.25) is 0 Å². The maximum absolute atomic E-state index is 13.2. The van der Waals surface area contributed by atoms with Gasteiger partial charge < -0.3 is 10.5 Å². The van der Waals surface area contributed by atoms with Crippen molar-refractivity contribution < 1.29 is 17.9 Å². The van der Waals surface area contributed by atoms with Crippen molar-refractivity contribution in [2.75, 3.05) is 5.73 Å². The Morgan fingerprint density at radius 1 is 1.00 bits per heavy atom. The van der Waals surface area contributed by atoms with Gasteiger partial charge in [-0.25, -0.2) is 13.2 Å². The van der Waals surface area contributed by atoms with Gasteiger partial charge in [0.05, 0.1) is 0 Å². The highest BCUT2D eigenvalue weighted by molar-refractivity contribution is 5.41. The van der Waals surface area contributed by atoms with E-state index in [-0.39, 0.29) is 12.3 Å². The fourth-order valence-corrected chi connectivity index (χ4v) is 1.53. The van der Waals surface area contributed by atoms with E-state index in [2.05, 4.69) is 0 Å². The fraction of sp³-hybridized carbons (Fsp3) is 0.0769. The molecule has 0 aliphatic carbocycles. The molecule has 0 amide bonds. The zero-order valence-corrected chi connectivity index (χ0v) is 9.29. The van der Waals surface area contributed by atoms with Crippen molar-refractivity contribution in [2.24, 2.45) is 0 Å². The molecule has 2 rings (SSSR count). The molecule has 0 saturated carbocycles. The Morgan fingerprint density at radius 2 is 1.67 bits per heavy atom. The number of anilines is 1. The molecule has 0 aliphatic rings. The first-order valence-electron chi connectivity index (χ1n) is 5.18.